The third kappa shape index (κ3) is 5.21. The predicted molar refractivity (Wildman–Crippen MR) is 78.9 cm³/mol. The standard InChI is InChI=1S/C14H15BrClFO3/c1-2-3-6-20-13(18)8-10(15)14(19)9-4-5-11(16)12(17)7-9/h4-5,7,10H,2-3,6,8H2,1H3. The number of halogens is 3. The number of hydrogen-bond donors (Lipinski definition) is 0. The molecule has 3 nitrogen and oxygen atoms in total. The molecular weight excluding hydrogens is 351 g/mol. The highest BCUT2D eigenvalue weighted by molar-refractivity contribution is 9.10. The van der Waals surface area contributed by atoms with Crippen LogP contribution in [0.4, 0.5) is 4.39 Å². The maximum Gasteiger partial charge on any atom is 0.307 e. The van der Waals surface area contributed by atoms with E-state index >= 15 is 0 Å². The molecule has 0 radical (unpaired) electrons. The van der Waals surface area contributed by atoms with E-state index in [1.165, 1.54) is 12.1 Å². The molecule has 20 heavy (non-hydrogen) atoms. The highest BCUT2D eigenvalue weighted by Gasteiger charge is 2.21. The maximum absolute atomic E-state index is 13.3. The topological polar surface area (TPSA) is 43.4 Å². The number of benzene rings is 1. The molecule has 1 rings (SSSR count). The number of ether oxygens (including phenoxy) is 1. The molecule has 0 saturated heterocycles. The molecule has 0 aromatic heterocycles. The van der Waals surface area contributed by atoms with Crippen molar-refractivity contribution >= 4 is 39.3 Å². The van der Waals surface area contributed by atoms with Gasteiger partial charge in [0, 0.05) is 5.56 Å². The smallest absolute Gasteiger partial charge is 0.307 e. The first-order valence-electron chi connectivity index (χ1n) is 6.24. The van der Waals surface area contributed by atoms with Crippen molar-refractivity contribution in [2.45, 2.75) is 31.0 Å². The van der Waals surface area contributed by atoms with Gasteiger partial charge < -0.3 is 4.74 Å². The van der Waals surface area contributed by atoms with Gasteiger partial charge in [-0.15, -0.1) is 0 Å². The van der Waals surface area contributed by atoms with E-state index in [1.807, 2.05) is 6.92 Å². The number of rotatable bonds is 7. The lowest BCUT2D eigenvalue weighted by molar-refractivity contribution is -0.143. The second-order valence-electron chi connectivity index (χ2n) is 4.24. The van der Waals surface area contributed by atoms with Crippen LogP contribution in [0.3, 0.4) is 0 Å². The molecular formula is C14H15BrClFO3. The number of Topliss-reactive ketones (excluding diaryl/α,β-unsaturated/α-hetero) is 1. The van der Waals surface area contributed by atoms with Crippen LogP contribution in [0.1, 0.15) is 36.5 Å². The first kappa shape index (κ1) is 17.1. The predicted octanol–water partition coefficient (Wildman–Crippen LogP) is 4.16. The highest BCUT2D eigenvalue weighted by atomic mass is 79.9. The monoisotopic (exact) mass is 364 g/mol. The van der Waals surface area contributed by atoms with Crippen LogP contribution in [0.5, 0.6) is 0 Å². The zero-order valence-corrected chi connectivity index (χ0v) is 13.3. The third-order valence-corrected chi connectivity index (χ3v) is 3.64. The molecule has 6 heteroatoms. The molecule has 0 aliphatic rings. The Balaban J connectivity index is 2.58. The molecule has 0 bridgehead atoms. The number of carbonyl (C=O) groups is 2. The number of ketones is 1. The molecule has 0 aliphatic heterocycles. The molecule has 0 aliphatic carbocycles. The zero-order valence-electron chi connectivity index (χ0n) is 11.0. The van der Waals surface area contributed by atoms with E-state index in [2.05, 4.69) is 15.9 Å². The second kappa shape index (κ2) is 8.37. The van der Waals surface area contributed by atoms with Crippen molar-refractivity contribution in [1.82, 2.24) is 0 Å². The normalized spacial score (nSPS) is 12.0. The number of alkyl halides is 1. The largest absolute Gasteiger partial charge is 0.466 e. The van der Waals surface area contributed by atoms with Gasteiger partial charge in [-0.3, -0.25) is 9.59 Å². The quantitative estimate of drug-likeness (QED) is 0.315. The minimum Gasteiger partial charge on any atom is -0.466 e. The summed E-state index contributed by atoms with van der Waals surface area (Å²) in [6, 6.07) is 3.79. The van der Waals surface area contributed by atoms with E-state index < -0.39 is 16.6 Å². The number of esters is 1. The van der Waals surface area contributed by atoms with E-state index in [9.17, 15) is 14.0 Å². The van der Waals surface area contributed by atoms with Crippen LogP contribution in [0.2, 0.25) is 5.02 Å². The Hall–Kier alpha value is -0.940. The number of hydrogen-bond acceptors (Lipinski definition) is 3. The summed E-state index contributed by atoms with van der Waals surface area (Å²) in [7, 11) is 0. The highest BCUT2D eigenvalue weighted by Crippen LogP contribution is 2.19. The lowest BCUT2D eigenvalue weighted by Crippen LogP contribution is -2.20. The second-order valence-corrected chi connectivity index (χ2v) is 5.75. The molecule has 1 aromatic carbocycles. The van der Waals surface area contributed by atoms with E-state index in [4.69, 9.17) is 16.3 Å². The number of unbranched alkanes of at least 4 members (excludes halogenated alkanes) is 1. The average molecular weight is 366 g/mol. The van der Waals surface area contributed by atoms with Crippen molar-refractivity contribution in [1.29, 1.82) is 0 Å². The summed E-state index contributed by atoms with van der Waals surface area (Å²) >= 11 is 8.67. The van der Waals surface area contributed by atoms with Gasteiger partial charge in [0.05, 0.1) is 22.9 Å². The van der Waals surface area contributed by atoms with Gasteiger partial charge in [0.2, 0.25) is 0 Å². The molecule has 0 heterocycles. The fourth-order valence-electron chi connectivity index (χ4n) is 1.46. The zero-order chi connectivity index (χ0) is 15.1. The first-order valence-corrected chi connectivity index (χ1v) is 7.54. The van der Waals surface area contributed by atoms with Crippen LogP contribution in [0.25, 0.3) is 0 Å². The van der Waals surface area contributed by atoms with E-state index in [0.29, 0.717) is 6.61 Å². The van der Waals surface area contributed by atoms with Crippen LogP contribution in [0.15, 0.2) is 18.2 Å². The van der Waals surface area contributed by atoms with Crippen LogP contribution < -0.4 is 0 Å². The fraction of sp³-hybridized carbons (Fsp3) is 0.429. The maximum atomic E-state index is 13.3. The van der Waals surface area contributed by atoms with Crippen molar-refractivity contribution in [3.63, 3.8) is 0 Å². The molecule has 1 unspecified atom stereocenters. The van der Waals surface area contributed by atoms with Gasteiger partial charge >= 0.3 is 5.97 Å². The molecule has 1 aromatic rings. The molecule has 0 amide bonds. The van der Waals surface area contributed by atoms with Gasteiger partial charge in [-0.05, 0) is 24.6 Å². The van der Waals surface area contributed by atoms with Crippen molar-refractivity contribution in [3.05, 3.63) is 34.6 Å². The Morgan fingerprint density at radius 1 is 1.45 bits per heavy atom. The Morgan fingerprint density at radius 2 is 2.15 bits per heavy atom. The fourth-order valence-corrected chi connectivity index (χ4v) is 2.10. The molecule has 1 atom stereocenters. The summed E-state index contributed by atoms with van der Waals surface area (Å²) in [4.78, 5) is 22.8. The van der Waals surface area contributed by atoms with E-state index in [1.54, 1.807) is 0 Å². The lowest BCUT2D eigenvalue weighted by atomic mass is 10.1. The van der Waals surface area contributed by atoms with Crippen molar-refractivity contribution in [3.8, 4) is 0 Å². The van der Waals surface area contributed by atoms with Gasteiger partial charge in [0.15, 0.2) is 5.78 Å². The van der Waals surface area contributed by atoms with Gasteiger partial charge in [-0.2, -0.15) is 0 Å². The SMILES string of the molecule is CCCCOC(=O)CC(Br)C(=O)c1ccc(Cl)c(F)c1. The molecule has 0 spiro atoms. The molecule has 0 saturated carbocycles. The lowest BCUT2D eigenvalue weighted by Gasteiger charge is -2.09. The Bertz CT molecular complexity index is 493. The van der Waals surface area contributed by atoms with Crippen LogP contribution in [0, 0.1) is 5.82 Å². The Kier molecular flexibility index (Phi) is 7.16. The minimum absolute atomic E-state index is 0.0494. The summed E-state index contributed by atoms with van der Waals surface area (Å²) in [6.07, 6.45) is 1.62. The van der Waals surface area contributed by atoms with Gasteiger partial charge in [-0.25, -0.2) is 4.39 Å². The average Bonchev–Trinajstić information content (AvgIpc) is 2.41. The summed E-state index contributed by atoms with van der Waals surface area (Å²) in [5.41, 5.74) is 0.162. The molecule has 0 N–H and O–H groups in total. The Morgan fingerprint density at radius 3 is 2.75 bits per heavy atom. The van der Waals surface area contributed by atoms with Crippen LogP contribution >= 0.6 is 27.5 Å². The van der Waals surface area contributed by atoms with Crippen LogP contribution in [-0.2, 0) is 9.53 Å². The molecule has 110 valence electrons. The summed E-state index contributed by atoms with van der Waals surface area (Å²) in [5, 5.41) is -0.0494. The summed E-state index contributed by atoms with van der Waals surface area (Å²) < 4.78 is 18.2. The van der Waals surface area contributed by atoms with Gasteiger partial charge in [-0.1, -0.05) is 40.9 Å². The third-order valence-electron chi connectivity index (χ3n) is 2.60. The summed E-state index contributed by atoms with van der Waals surface area (Å²) in [5.74, 6) is -1.50. The van der Waals surface area contributed by atoms with Crippen LogP contribution in [-0.4, -0.2) is 23.2 Å². The van der Waals surface area contributed by atoms with Gasteiger partial charge in [0.25, 0.3) is 0 Å². The van der Waals surface area contributed by atoms with E-state index in [-0.39, 0.29) is 22.8 Å². The minimum atomic E-state index is -0.739. The van der Waals surface area contributed by atoms with E-state index in [0.717, 1.165) is 18.9 Å². The summed E-state index contributed by atoms with van der Waals surface area (Å²) in [6.45, 7) is 2.33. The van der Waals surface area contributed by atoms with Crippen molar-refractivity contribution in [2.75, 3.05) is 6.61 Å². The number of carbonyl (C=O) groups excluding carboxylic acids is 2. The first-order chi connectivity index (χ1) is 9.45. The van der Waals surface area contributed by atoms with Gasteiger partial charge in [0.1, 0.15) is 5.82 Å². The molecule has 0 fully saturated rings. The van der Waals surface area contributed by atoms with Crippen molar-refractivity contribution < 1.29 is 18.7 Å². The van der Waals surface area contributed by atoms with Crippen molar-refractivity contribution in [2.24, 2.45) is 0 Å². The Labute approximate surface area is 130 Å².